The molecule has 0 aliphatic rings. The van der Waals surface area contributed by atoms with Gasteiger partial charge in [0, 0.05) is 5.57 Å². The molecular formula is C21H18F5N2O4P. The van der Waals surface area contributed by atoms with Gasteiger partial charge in [-0.1, -0.05) is 40.1 Å². The van der Waals surface area contributed by atoms with Crippen LogP contribution in [0.15, 0.2) is 60.7 Å². The van der Waals surface area contributed by atoms with Crippen LogP contribution in [0.4, 0.5) is 22.0 Å². The van der Waals surface area contributed by atoms with Gasteiger partial charge in [0.2, 0.25) is 5.84 Å². The second-order valence-electron chi connectivity index (χ2n) is 6.89. The number of halogens is 5. The van der Waals surface area contributed by atoms with Gasteiger partial charge in [0.1, 0.15) is 11.5 Å². The zero-order valence-electron chi connectivity index (χ0n) is 17.0. The molecule has 2 aromatic rings. The first-order chi connectivity index (χ1) is 15.1. The first-order valence-corrected chi connectivity index (χ1v) is 9.57. The molecule has 0 radical (unpaired) electrons. The van der Waals surface area contributed by atoms with E-state index in [-0.39, 0.29) is 17.1 Å². The average Bonchev–Trinajstić information content (AvgIpc) is 2.68. The van der Waals surface area contributed by atoms with E-state index in [1.165, 1.54) is 6.92 Å². The average molecular weight is 488 g/mol. The standard InChI is InChI=1S/C21H18F5N2O4P/c1-11(2)17(29)31-14-7-3-12(4-8-14)19(20(22,23)24,21(25,26)33)13-5-9-15(10-6-13)32-18(30)16(27)28/h3-10H,1,33H2,2H3,(H3,27,28). The number of amidine groups is 1. The van der Waals surface area contributed by atoms with Gasteiger partial charge in [-0.15, -0.1) is 0 Å². The molecule has 0 bridgehead atoms. The Morgan fingerprint density at radius 1 is 0.879 bits per heavy atom. The highest BCUT2D eigenvalue weighted by Crippen LogP contribution is 2.58. The number of nitrogens with two attached hydrogens (primary N) is 1. The van der Waals surface area contributed by atoms with Gasteiger partial charge >= 0.3 is 18.1 Å². The van der Waals surface area contributed by atoms with Gasteiger partial charge < -0.3 is 15.2 Å². The van der Waals surface area contributed by atoms with Crippen molar-refractivity contribution in [3.8, 4) is 11.5 Å². The van der Waals surface area contributed by atoms with Crippen LogP contribution in [0.1, 0.15) is 18.1 Å². The molecule has 2 atom stereocenters. The summed E-state index contributed by atoms with van der Waals surface area (Å²) in [5.41, 5.74) is -4.97. The minimum absolute atomic E-state index is 0.0331. The Hall–Kier alpha value is -3.33. The molecule has 0 aromatic heterocycles. The first kappa shape index (κ1) is 25.9. The fourth-order valence-electron chi connectivity index (χ4n) is 2.97. The van der Waals surface area contributed by atoms with Crippen molar-refractivity contribution in [3.05, 3.63) is 71.8 Å². The molecule has 0 aliphatic carbocycles. The number of nitrogens with one attached hydrogen (secondary N) is 1. The van der Waals surface area contributed by atoms with Crippen LogP contribution in [0.2, 0.25) is 0 Å². The number of carbonyl (C=O) groups excluding carboxylic acids is 2. The Labute approximate surface area is 187 Å². The van der Waals surface area contributed by atoms with Gasteiger partial charge in [0.25, 0.3) is 5.66 Å². The lowest BCUT2D eigenvalue weighted by Crippen LogP contribution is -2.54. The number of rotatable bonds is 6. The summed E-state index contributed by atoms with van der Waals surface area (Å²) in [6, 6.07) is 6.65. The fourth-order valence-corrected chi connectivity index (χ4v) is 3.47. The Bertz CT molecular complexity index is 990. The molecule has 0 aliphatic heterocycles. The SMILES string of the molecule is C=C(C)C(=O)Oc1ccc(C(c2ccc(OC(=O)C(=N)N)cc2)(C(F)(F)F)C(F)(F)P)cc1. The van der Waals surface area contributed by atoms with Crippen molar-refractivity contribution >= 4 is 27.0 Å². The van der Waals surface area contributed by atoms with E-state index in [0.29, 0.717) is 0 Å². The maximum Gasteiger partial charge on any atom is 0.408 e. The van der Waals surface area contributed by atoms with Crippen LogP contribution in [0, 0.1) is 5.41 Å². The van der Waals surface area contributed by atoms with Gasteiger partial charge in [-0.2, -0.15) is 13.2 Å². The van der Waals surface area contributed by atoms with Crippen LogP contribution >= 0.6 is 9.24 Å². The maximum atomic E-state index is 14.8. The van der Waals surface area contributed by atoms with Crippen LogP contribution in [0.3, 0.4) is 0 Å². The topological polar surface area (TPSA) is 102 Å². The molecule has 0 saturated carbocycles. The summed E-state index contributed by atoms with van der Waals surface area (Å²) in [7, 11) is 0.915. The highest BCUT2D eigenvalue weighted by Gasteiger charge is 2.69. The molecule has 0 heterocycles. The van der Waals surface area contributed by atoms with Gasteiger partial charge in [-0.3, -0.25) is 5.41 Å². The molecule has 176 valence electrons. The lowest BCUT2D eigenvalue weighted by molar-refractivity contribution is -0.220. The van der Waals surface area contributed by atoms with Crippen molar-refractivity contribution in [1.82, 2.24) is 0 Å². The second kappa shape index (κ2) is 9.27. The molecule has 2 unspecified atom stereocenters. The zero-order chi connectivity index (χ0) is 25.2. The molecular weight excluding hydrogens is 470 g/mol. The van der Waals surface area contributed by atoms with Gasteiger partial charge in [0.05, 0.1) is 0 Å². The van der Waals surface area contributed by atoms with Crippen molar-refractivity contribution < 1.29 is 41.0 Å². The number of esters is 2. The van der Waals surface area contributed by atoms with Crippen LogP contribution in [0.5, 0.6) is 11.5 Å². The molecule has 2 rings (SSSR count). The summed E-state index contributed by atoms with van der Waals surface area (Å²) in [5, 5.41) is 6.97. The molecule has 6 nitrogen and oxygen atoms in total. The number of alkyl halides is 5. The van der Waals surface area contributed by atoms with Crippen LogP contribution in [-0.2, 0) is 15.0 Å². The van der Waals surface area contributed by atoms with Crippen molar-refractivity contribution in [2.45, 2.75) is 24.2 Å². The summed E-state index contributed by atoms with van der Waals surface area (Å²) in [6.07, 6.45) is -5.49. The highest BCUT2D eigenvalue weighted by molar-refractivity contribution is 7.18. The predicted octanol–water partition coefficient (Wildman–Crippen LogP) is 4.33. The summed E-state index contributed by atoms with van der Waals surface area (Å²) < 4.78 is 82.2. The summed E-state index contributed by atoms with van der Waals surface area (Å²) >= 11 is 0. The quantitative estimate of drug-likeness (QED) is 0.120. The normalized spacial score (nSPS) is 13.5. The Balaban J connectivity index is 2.62. The second-order valence-corrected chi connectivity index (χ2v) is 7.62. The third-order valence-corrected chi connectivity index (χ3v) is 4.92. The number of benzene rings is 2. The molecule has 0 amide bonds. The van der Waals surface area contributed by atoms with Crippen molar-refractivity contribution in [2.24, 2.45) is 5.73 Å². The number of ether oxygens (including phenoxy) is 2. The Morgan fingerprint density at radius 2 is 1.24 bits per heavy atom. The summed E-state index contributed by atoms with van der Waals surface area (Å²) in [5.74, 6) is -3.52. The van der Waals surface area contributed by atoms with Crippen LogP contribution < -0.4 is 15.2 Å². The molecule has 0 saturated heterocycles. The minimum atomic E-state index is -5.49. The maximum absolute atomic E-state index is 14.8. The zero-order valence-corrected chi connectivity index (χ0v) is 18.2. The molecule has 0 fully saturated rings. The van der Waals surface area contributed by atoms with E-state index < -0.39 is 46.2 Å². The number of hydrogen-bond donors (Lipinski definition) is 2. The van der Waals surface area contributed by atoms with Gasteiger partial charge in [0.15, 0.2) is 5.41 Å². The van der Waals surface area contributed by atoms with Crippen molar-refractivity contribution in [2.75, 3.05) is 0 Å². The third kappa shape index (κ3) is 5.19. The predicted molar refractivity (Wildman–Crippen MR) is 112 cm³/mol. The van der Waals surface area contributed by atoms with Crippen molar-refractivity contribution in [3.63, 3.8) is 0 Å². The lowest BCUT2D eigenvalue weighted by atomic mass is 9.73. The lowest BCUT2D eigenvalue weighted by Gasteiger charge is -2.41. The van der Waals surface area contributed by atoms with E-state index >= 15 is 0 Å². The van der Waals surface area contributed by atoms with E-state index in [1.54, 1.807) is 0 Å². The third-order valence-electron chi connectivity index (χ3n) is 4.49. The molecule has 33 heavy (non-hydrogen) atoms. The molecule has 3 N–H and O–H groups in total. The smallest absolute Gasteiger partial charge is 0.408 e. The molecule has 2 aromatic carbocycles. The van der Waals surface area contributed by atoms with E-state index in [2.05, 4.69) is 11.3 Å². The Morgan fingerprint density at radius 3 is 1.52 bits per heavy atom. The Kier molecular flexibility index (Phi) is 7.28. The van der Waals surface area contributed by atoms with E-state index in [0.717, 1.165) is 57.8 Å². The molecule has 0 spiro atoms. The summed E-state index contributed by atoms with van der Waals surface area (Å²) in [6.45, 7) is 4.73. The van der Waals surface area contributed by atoms with E-state index in [9.17, 15) is 31.5 Å². The number of carbonyl (C=O) groups is 2. The van der Waals surface area contributed by atoms with Gasteiger partial charge in [-0.05, 0) is 42.3 Å². The molecule has 12 heteroatoms. The van der Waals surface area contributed by atoms with Gasteiger partial charge in [-0.25, -0.2) is 18.4 Å². The first-order valence-electron chi connectivity index (χ1n) is 8.99. The highest BCUT2D eigenvalue weighted by atomic mass is 31.0. The van der Waals surface area contributed by atoms with Crippen LogP contribution in [0.25, 0.3) is 0 Å². The summed E-state index contributed by atoms with van der Waals surface area (Å²) in [4.78, 5) is 23.0. The number of hydrogen-bond acceptors (Lipinski definition) is 5. The fraction of sp³-hybridized carbons (Fsp3) is 0.190. The van der Waals surface area contributed by atoms with Crippen molar-refractivity contribution in [1.29, 1.82) is 5.41 Å². The minimum Gasteiger partial charge on any atom is -0.423 e. The largest absolute Gasteiger partial charge is 0.423 e. The van der Waals surface area contributed by atoms with Crippen LogP contribution in [-0.4, -0.2) is 29.6 Å². The van der Waals surface area contributed by atoms with E-state index in [4.69, 9.17) is 15.9 Å². The monoisotopic (exact) mass is 488 g/mol. The van der Waals surface area contributed by atoms with E-state index in [1.807, 2.05) is 0 Å².